The Balaban J connectivity index is 2.66. The zero-order valence-corrected chi connectivity index (χ0v) is 11.0. The fourth-order valence-electron chi connectivity index (χ4n) is 2.39. The largest absolute Gasteiger partial charge is 0.418 e. The maximum absolute atomic E-state index is 12.5. The van der Waals surface area contributed by atoms with Crippen molar-refractivity contribution < 1.29 is 23.1 Å². The van der Waals surface area contributed by atoms with E-state index in [2.05, 4.69) is 11.9 Å². The van der Waals surface area contributed by atoms with Gasteiger partial charge in [-0.1, -0.05) is 18.9 Å². The lowest BCUT2D eigenvalue weighted by atomic mass is 9.81. The van der Waals surface area contributed by atoms with E-state index in [-0.39, 0.29) is 0 Å². The quantitative estimate of drug-likeness (QED) is 0.760. The summed E-state index contributed by atoms with van der Waals surface area (Å²) in [7, 11) is 0. The number of carbonyl (C=O) groups is 1. The van der Waals surface area contributed by atoms with Gasteiger partial charge in [0.1, 0.15) is 0 Å². The van der Waals surface area contributed by atoms with Crippen LogP contribution in [0.4, 0.5) is 13.2 Å². The van der Waals surface area contributed by atoms with Crippen molar-refractivity contribution >= 4 is 5.91 Å². The fourth-order valence-corrected chi connectivity index (χ4v) is 2.39. The Hall–Kier alpha value is -1.04. The highest BCUT2D eigenvalue weighted by Crippen LogP contribution is 2.41. The van der Waals surface area contributed by atoms with E-state index in [1.54, 1.807) is 6.08 Å². The molecule has 0 aromatic rings. The van der Waals surface area contributed by atoms with E-state index in [1.165, 1.54) is 0 Å². The van der Waals surface area contributed by atoms with Crippen molar-refractivity contribution in [3.63, 3.8) is 0 Å². The molecule has 0 bridgehead atoms. The van der Waals surface area contributed by atoms with Crippen molar-refractivity contribution in [3.8, 4) is 0 Å². The van der Waals surface area contributed by atoms with Gasteiger partial charge in [0.2, 0.25) is 5.91 Å². The SMILES string of the molecule is C=CCC1(C(=O)NCC(C)(O)C(F)(F)F)CCCC1. The van der Waals surface area contributed by atoms with Crippen LogP contribution in [0.1, 0.15) is 39.0 Å². The molecule has 0 aliphatic heterocycles. The van der Waals surface area contributed by atoms with Crippen LogP contribution in [-0.2, 0) is 4.79 Å². The minimum atomic E-state index is -4.76. The number of hydrogen-bond acceptors (Lipinski definition) is 2. The van der Waals surface area contributed by atoms with Gasteiger partial charge in [-0.15, -0.1) is 6.58 Å². The summed E-state index contributed by atoms with van der Waals surface area (Å²) in [6.07, 6.45) is 0.382. The minimum absolute atomic E-state index is 0.422. The Morgan fingerprint density at radius 1 is 1.42 bits per heavy atom. The molecule has 0 saturated heterocycles. The Kier molecular flexibility index (Phi) is 4.66. The van der Waals surface area contributed by atoms with Crippen molar-refractivity contribution in [2.75, 3.05) is 6.54 Å². The summed E-state index contributed by atoms with van der Waals surface area (Å²) >= 11 is 0. The summed E-state index contributed by atoms with van der Waals surface area (Å²) < 4.78 is 37.5. The molecular formula is C13H20F3NO2. The fraction of sp³-hybridized carbons (Fsp3) is 0.769. The molecule has 6 heteroatoms. The van der Waals surface area contributed by atoms with E-state index < -0.39 is 29.6 Å². The molecule has 2 N–H and O–H groups in total. The van der Waals surface area contributed by atoms with Crippen molar-refractivity contribution in [1.29, 1.82) is 0 Å². The van der Waals surface area contributed by atoms with Crippen LogP contribution in [0.25, 0.3) is 0 Å². The lowest BCUT2D eigenvalue weighted by molar-refractivity contribution is -0.250. The molecular weight excluding hydrogens is 259 g/mol. The second-order valence-corrected chi connectivity index (χ2v) is 5.43. The molecule has 0 aromatic heterocycles. The third-order valence-corrected chi connectivity index (χ3v) is 3.78. The van der Waals surface area contributed by atoms with Gasteiger partial charge in [-0.2, -0.15) is 13.2 Å². The number of nitrogens with one attached hydrogen (secondary N) is 1. The normalized spacial score (nSPS) is 21.7. The van der Waals surface area contributed by atoms with Gasteiger partial charge in [0, 0.05) is 0 Å². The molecule has 0 spiro atoms. The standard InChI is InChI=1S/C13H20F3NO2/c1-3-6-12(7-4-5-8-12)10(18)17-9-11(2,19)13(14,15)16/h3,19H,1,4-9H2,2H3,(H,17,18). The maximum Gasteiger partial charge on any atom is 0.418 e. The van der Waals surface area contributed by atoms with Crippen LogP contribution in [0.3, 0.4) is 0 Å². The molecule has 1 fully saturated rings. The molecule has 1 aliphatic carbocycles. The summed E-state index contributed by atoms with van der Waals surface area (Å²) in [5.74, 6) is -0.422. The zero-order chi connectivity index (χ0) is 14.7. The van der Waals surface area contributed by atoms with Gasteiger partial charge in [0.25, 0.3) is 0 Å². The summed E-state index contributed by atoms with van der Waals surface area (Å²) in [5.41, 5.74) is -3.56. The van der Waals surface area contributed by atoms with Crippen molar-refractivity contribution in [2.24, 2.45) is 5.41 Å². The molecule has 1 unspecified atom stereocenters. The molecule has 19 heavy (non-hydrogen) atoms. The molecule has 1 atom stereocenters. The summed E-state index contributed by atoms with van der Waals surface area (Å²) in [6.45, 7) is 3.42. The number of aliphatic hydroxyl groups is 1. The van der Waals surface area contributed by atoms with Gasteiger partial charge < -0.3 is 10.4 Å². The first-order chi connectivity index (χ1) is 8.65. The smallest absolute Gasteiger partial charge is 0.379 e. The molecule has 1 aliphatic rings. The highest BCUT2D eigenvalue weighted by atomic mass is 19.4. The molecule has 0 radical (unpaired) electrons. The molecule has 1 rings (SSSR count). The van der Waals surface area contributed by atoms with Crippen LogP contribution in [0.2, 0.25) is 0 Å². The Labute approximate surface area is 110 Å². The van der Waals surface area contributed by atoms with Crippen molar-refractivity contribution in [3.05, 3.63) is 12.7 Å². The first kappa shape index (κ1) is 16.0. The number of alkyl halides is 3. The zero-order valence-electron chi connectivity index (χ0n) is 11.0. The summed E-state index contributed by atoms with van der Waals surface area (Å²) in [4.78, 5) is 12.1. The van der Waals surface area contributed by atoms with E-state index in [0.29, 0.717) is 26.2 Å². The van der Waals surface area contributed by atoms with Gasteiger partial charge in [0.05, 0.1) is 12.0 Å². The topological polar surface area (TPSA) is 49.3 Å². The summed E-state index contributed by atoms with van der Waals surface area (Å²) in [5, 5.41) is 11.5. The first-order valence-corrected chi connectivity index (χ1v) is 6.33. The minimum Gasteiger partial charge on any atom is -0.379 e. The number of rotatable bonds is 5. The van der Waals surface area contributed by atoms with Crippen LogP contribution < -0.4 is 5.32 Å². The highest BCUT2D eigenvalue weighted by molar-refractivity contribution is 5.83. The summed E-state index contributed by atoms with van der Waals surface area (Å²) in [6, 6.07) is 0. The molecule has 0 aromatic carbocycles. The van der Waals surface area contributed by atoms with Crippen LogP contribution in [0.5, 0.6) is 0 Å². The predicted molar refractivity (Wildman–Crippen MR) is 65.4 cm³/mol. The van der Waals surface area contributed by atoms with E-state index in [9.17, 15) is 23.1 Å². The van der Waals surface area contributed by atoms with Crippen molar-refractivity contribution in [1.82, 2.24) is 5.32 Å². The van der Waals surface area contributed by atoms with Gasteiger partial charge in [0.15, 0.2) is 5.60 Å². The highest BCUT2D eigenvalue weighted by Gasteiger charge is 2.50. The van der Waals surface area contributed by atoms with Crippen LogP contribution in [0.15, 0.2) is 12.7 Å². The van der Waals surface area contributed by atoms with Crippen LogP contribution >= 0.6 is 0 Å². The molecule has 110 valence electrons. The average Bonchev–Trinajstić information content (AvgIpc) is 2.75. The second-order valence-electron chi connectivity index (χ2n) is 5.43. The van der Waals surface area contributed by atoms with Crippen molar-refractivity contribution in [2.45, 2.75) is 50.8 Å². The Bertz CT molecular complexity index is 344. The number of halogens is 3. The lowest BCUT2D eigenvalue weighted by Crippen LogP contribution is -2.53. The number of hydrogen-bond donors (Lipinski definition) is 2. The lowest BCUT2D eigenvalue weighted by Gasteiger charge is -2.30. The Morgan fingerprint density at radius 2 is 1.95 bits per heavy atom. The van der Waals surface area contributed by atoms with Gasteiger partial charge in [-0.05, 0) is 26.2 Å². The van der Waals surface area contributed by atoms with E-state index >= 15 is 0 Å². The van der Waals surface area contributed by atoms with Crippen LogP contribution in [0, 0.1) is 5.41 Å². The van der Waals surface area contributed by atoms with Crippen LogP contribution in [-0.4, -0.2) is 29.3 Å². The third-order valence-electron chi connectivity index (χ3n) is 3.78. The van der Waals surface area contributed by atoms with Gasteiger partial charge in [-0.25, -0.2) is 0 Å². The molecule has 1 saturated carbocycles. The van der Waals surface area contributed by atoms with E-state index in [4.69, 9.17) is 0 Å². The number of allylic oxidation sites excluding steroid dienone is 1. The second kappa shape index (κ2) is 5.53. The number of carbonyl (C=O) groups excluding carboxylic acids is 1. The maximum atomic E-state index is 12.5. The molecule has 3 nitrogen and oxygen atoms in total. The first-order valence-electron chi connectivity index (χ1n) is 6.33. The molecule has 0 heterocycles. The third kappa shape index (κ3) is 3.49. The predicted octanol–water partition coefficient (Wildman–Crippen LogP) is 2.55. The monoisotopic (exact) mass is 279 g/mol. The van der Waals surface area contributed by atoms with E-state index in [1.807, 2.05) is 0 Å². The van der Waals surface area contributed by atoms with Gasteiger partial charge in [-0.3, -0.25) is 4.79 Å². The number of amides is 1. The average molecular weight is 279 g/mol. The Morgan fingerprint density at radius 3 is 2.37 bits per heavy atom. The van der Waals surface area contributed by atoms with Gasteiger partial charge >= 0.3 is 6.18 Å². The van der Waals surface area contributed by atoms with E-state index in [0.717, 1.165) is 12.8 Å². The molecule has 1 amide bonds.